The molecule has 5 heteroatoms. The molecular formula is C13H15NO4. The molecule has 5 nitrogen and oxygen atoms in total. The number of oxazole rings is 1. The molecule has 0 amide bonds. The lowest BCUT2D eigenvalue weighted by Crippen LogP contribution is -2.60. The van der Waals surface area contributed by atoms with Gasteiger partial charge in [-0.3, -0.25) is 4.98 Å². The van der Waals surface area contributed by atoms with Crippen molar-refractivity contribution in [3.63, 3.8) is 0 Å². The van der Waals surface area contributed by atoms with Gasteiger partial charge in [-0.15, -0.1) is 0 Å². The Kier molecular flexibility index (Phi) is 2.21. The van der Waals surface area contributed by atoms with Crippen molar-refractivity contribution < 1.29 is 14.3 Å². The minimum atomic E-state index is -0.893. The summed E-state index contributed by atoms with van der Waals surface area (Å²) in [6.07, 6.45) is 0. The second-order valence-electron chi connectivity index (χ2n) is 5.36. The van der Waals surface area contributed by atoms with Gasteiger partial charge < -0.3 is 14.3 Å². The van der Waals surface area contributed by atoms with Crippen molar-refractivity contribution in [2.75, 3.05) is 13.2 Å². The van der Waals surface area contributed by atoms with Gasteiger partial charge in [0, 0.05) is 0 Å². The van der Waals surface area contributed by atoms with Gasteiger partial charge in [-0.1, -0.05) is 6.07 Å². The van der Waals surface area contributed by atoms with Crippen LogP contribution >= 0.6 is 0 Å². The number of rotatable bonds is 2. The summed E-state index contributed by atoms with van der Waals surface area (Å²) in [5.74, 6) is -0.468. The van der Waals surface area contributed by atoms with Crippen LogP contribution in [0, 0.1) is 0 Å². The Hall–Kier alpha value is -1.59. The number of aromatic amines is 1. The lowest BCUT2D eigenvalue weighted by molar-refractivity contribution is -0.157. The van der Waals surface area contributed by atoms with E-state index in [9.17, 15) is 9.90 Å². The lowest BCUT2D eigenvalue weighted by atomic mass is 9.67. The molecule has 96 valence electrons. The summed E-state index contributed by atoms with van der Waals surface area (Å²) >= 11 is 0. The van der Waals surface area contributed by atoms with E-state index in [2.05, 4.69) is 4.98 Å². The van der Waals surface area contributed by atoms with Crippen LogP contribution in [0.2, 0.25) is 0 Å². The van der Waals surface area contributed by atoms with E-state index in [0.29, 0.717) is 24.3 Å². The standard InChI is InChI=1S/C13H15NO4/c1-12(2,16)13(6-17-7-13)8-3-4-9-10(5-8)18-11(15)14-9/h3-5,16H,6-7H2,1-2H3,(H,14,15). The average molecular weight is 249 g/mol. The number of nitrogens with one attached hydrogen (secondary N) is 1. The maximum atomic E-state index is 11.1. The van der Waals surface area contributed by atoms with Crippen LogP contribution in [0.5, 0.6) is 0 Å². The van der Waals surface area contributed by atoms with Crippen LogP contribution in [-0.2, 0) is 10.2 Å². The van der Waals surface area contributed by atoms with Gasteiger partial charge in [-0.05, 0) is 31.5 Å². The fourth-order valence-electron chi connectivity index (χ4n) is 2.42. The first kappa shape index (κ1) is 11.5. The third kappa shape index (κ3) is 1.44. The third-order valence-corrected chi connectivity index (χ3v) is 3.84. The number of H-pyrrole nitrogens is 1. The van der Waals surface area contributed by atoms with Crippen molar-refractivity contribution in [1.82, 2.24) is 4.98 Å². The van der Waals surface area contributed by atoms with Crippen molar-refractivity contribution >= 4 is 11.1 Å². The first-order valence-corrected chi connectivity index (χ1v) is 5.86. The number of benzene rings is 1. The van der Waals surface area contributed by atoms with Gasteiger partial charge in [0.25, 0.3) is 0 Å². The zero-order valence-corrected chi connectivity index (χ0v) is 10.3. The molecule has 1 aliphatic heterocycles. The molecule has 0 radical (unpaired) electrons. The quantitative estimate of drug-likeness (QED) is 0.837. The van der Waals surface area contributed by atoms with E-state index >= 15 is 0 Å². The molecule has 1 aromatic heterocycles. The van der Waals surface area contributed by atoms with Crippen LogP contribution < -0.4 is 5.76 Å². The van der Waals surface area contributed by atoms with E-state index < -0.39 is 16.8 Å². The lowest BCUT2D eigenvalue weighted by Gasteiger charge is -2.49. The Labute approximate surface area is 103 Å². The third-order valence-electron chi connectivity index (χ3n) is 3.84. The molecule has 2 heterocycles. The molecule has 0 aliphatic carbocycles. The van der Waals surface area contributed by atoms with E-state index in [4.69, 9.17) is 9.15 Å². The van der Waals surface area contributed by atoms with Crippen molar-refractivity contribution in [1.29, 1.82) is 0 Å². The summed E-state index contributed by atoms with van der Waals surface area (Å²) in [6, 6.07) is 5.49. The molecule has 1 aliphatic rings. The summed E-state index contributed by atoms with van der Waals surface area (Å²) in [7, 11) is 0. The number of hydrogen-bond acceptors (Lipinski definition) is 4. The van der Waals surface area contributed by atoms with Gasteiger partial charge in [-0.2, -0.15) is 0 Å². The average Bonchev–Trinajstić information content (AvgIpc) is 2.52. The molecule has 0 unspecified atom stereocenters. The molecule has 18 heavy (non-hydrogen) atoms. The van der Waals surface area contributed by atoms with Crippen LogP contribution in [0.4, 0.5) is 0 Å². The Balaban J connectivity index is 2.16. The van der Waals surface area contributed by atoms with E-state index in [1.807, 2.05) is 6.07 Å². The highest BCUT2D eigenvalue weighted by atomic mass is 16.5. The highest BCUT2D eigenvalue weighted by molar-refractivity contribution is 5.73. The molecule has 1 fully saturated rings. The van der Waals surface area contributed by atoms with Crippen LogP contribution in [0.3, 0.4) is 0 Å². The smallest absolute Gasteiger partial charge is 0.408 e. The van der Waals surface area contributed by atoms with Gasteiger partial charge >= 0.3 is 5.76 Å². The van der Waals surface area contributed by atoms with Crippen molar-refractivity contribution in [3.8, 4) is 0 Å². The Morgan fingerprint density at radius 2 is 2.11 bits per heavy atom. The minimum absolute atomic E-state index is 0.434. The highest BCUT2D eigenvalue weighted by Crippen LogP contribution is 2.42. The normalized spacial score (nSPS) is 18.8. The molecule has 1 aromatic carbocycles. The zero-order chi connectivity index (χ0) is 13.0. The molecule has 1 saturated heterocycles. The van der Waals surface area contributed by atoms with Crippen LogP contribution in [-0.4, -0.2) is 28.9 Å². The molecule has 0 bridgehead atoms. The Bertz CT molecular complexity index is 643. The second-order valence-corrected chi connectivity index (χ2v) is 5.36. The first-order valence-electron chi connectivity index (χ1n) is 5.86. The van der Waals surface area contributed by atoms with E-state index in [-0.39, 0.29) is 0 Å². The van der Waals surface area contributed by atoms with Gasteiger partial charge in [0.15, 0.2) is 5.58 Å². The first-order chi connectivity index (χ1) is 8.42. The summed E-state index contributed by atoms with van der Waals surface area (Å²) in [5, 5.41) is 10.3. The molecule has 3 rings (SSSR count). The predicted octanol–water partition coefficient (Wildman–Crippen LogP) is 1.16. The number of ether oxygens (including phenoxy) is 1. The van der Waals surface area contributed by atoms with E-state index in [0.717, 1.165) is 5.56 Å². The monoisotopic (exact) mass is 249 g/mol. The van der Waals surface area contributed by atoms with Crippen LogP contribution in [0.25, 0.3) is 11.1 Å². The topological polar surface area (TPSA) is 75.5 Å². The van der Waals surface area contributed by atoms with Crippen molar-refractivity contribution in [2.24, 2.45) is 0 Å². The Morgan fingerprint density at radius 3 is 2.67 bits per heavy atom. The second kappa shape index (κ2) is 3.46. The van der Waals surface area contributed by atoms with Crippen LogP contribution in [0.15, 0.2) is 27.4 Å². The van der Waals surface area contributed by atoms with E-state index in [1.165, 1.54) is 0 Å². The summed E-state index contributed by atoms with van der Waals surface area (Å²) in [4.78, 5) is 13.7. The SMILES string of the molecule is CC(C)(O)C1(c2ccc3[nH]c(=O)oc3c2)COC1. The van der Waals surface area contributed by atoms with Gasteiger partial charge in [-0.25, -0.2) is 4.79 Å². The van der Waals surface area contributed by atoms with Gasteiger partial charge in [0.1, 0.15) is 0 Å². The number of fused-ring (bicyclic) bond motifs is 1. The maximum absolute atomic E-state index is 11.1. The summed E-state index contributed by atoms with van der Waals surface area (Å²) < 4.78 is 10.3. The highest BCUT2D eigenvalue weighted by Gasteiger charge is 2.51. The number of aromatic nitrogens is 1. The molecular weight excluding hydrogens is 234 g/mol. The largest absolute Gasteiger partial charge is 0.417 e. The summed E-state index contributed by atoms with van der Waals surface area (Å²) in [5.41, 5.74) is 0.770. The zero-order valence-electron chi connectivity index (χ0n) is 10.3. The maximum Gasteiger partial charge on any atom is 0.417 e. The molecule has 0 atom stereocenters. The fraction of sp³-hybridized carbons (Fsp3) is 0.462. The molecule has 0 saturated carbocycles. The summed E-state index contributed by atoms with van der Waals surface area (Å²) in [6.45, 7) is 4.48. The number of hydrogen-bond donors (Lipinski definition) is 2. The van der Waals surface area contributed by atoms with E-state index in [1.54, 1.807) is 26.0 Å². The minimum Gasteiger partial charge on any atom is -0.408 e. The van der Waals surface area contributed by atoms with Crippen molar-refractivity contribution in [3.05, 3.63) is 34.3 Å². The predicted molar refractivity (Wildman–Crippen MR) is 65.6 cm³/mol. The van der Waals surface area contributed by atoms with Crippen molar-refractivity contribution in [2.45, 2.75) is 24.9 Å². The molecule has 0 spiro atoms. The fourth-order valence-corrected chi connectivity index (χ4v) is 2.42. The molecule has 2 N–H and O–H groups in total. The molecule has 2 aromatic rings. The van der Waals surface area contributed by atoms with Gasteiger partial charge in [0.05, 0.1) is 29.7 Å². The van der Waals surface area contributed by atoms with Gasteiger partial charge in [0.2, 0.25) is 0 Å². The number of aliphatic hydroxyl groups is 1. The van der Waals surface area contributed by atoms with Crippen LogP contribution in [0.1, 0.15) is 19.4 Å². The Morgan fingerprint density at radius 1 is 1.39 bits per heavy atom.